The van der Waals surface area contributed by atoms with E-state index in [0.29, 0.717) is 17.2 Å². The van der Waals surface area contributed by atoms with Gasteiger partial charge in [0.1, 0.15) is 5.70 Å². The van der Waals surface area contributed by atoms with Gasteiger partial charge in [0.2, 0.25) is 0 Å². The van der Waals surface area contributed by atoms with Crippen LogP contribution in [0.3, 0.4) is 0 Å². The fourth-order valence-corrected chi connectivity index (χ4v) is 3.56. The second-order valence-electron chi connectivity index (χ2n) is 6.89. The molecule has 2 heterocycles. The number of nitrogens with zero attached hydrogens (tertiary/aromatic N) is 5. The largest absolute Gasteiger partial charge is 0.414 e. The second kappa shape index (κ2) is 8.91. The third kappa shape index (κ3) is 4.25. The van der Waals surface area contributed by atoms with Gasteiger partial charge in [-0.1, -0.05) is 18.2 Å². The van der Waals surface area contributed by atoms with Crippen LogP contribution in [0.25, 0.3) is 16.5 Å². The van der Waals surface area contributed by atoms with E-state index >= 15 is 0 Å². The van der Waals surface area contributed by atoms with Gasteiger partial charge < -0.3 is 20.0 Å². The Morgan fingerprint density at radius 1 is 1.20 bits per heavy atom. The Morgan fingerprint density at radius 3 is 2.47 bits per heavy atom. The minimum Gasteiger partial charge on any atom is -0.414 e. The zero-order valence-corrected chi connectivity index (χ0v) is 18.2. The quantitative estimate of drug-likeness (QED) is 0.583. The van der Waals surface area contributed by atoms with Crippen molar-refractivity contribution < 1.29 is 9.21 Å². The molecule has 3 aromatic rings. The zero-order valence-electron chi connectivity index (χ0n) is 17.4. The van der Waals surface area contributed by atoms with Gasteiger partial charge in [0.05, 0.1) is 10.9 Å². The van der Waals surface area contributed by atoms with E-state index in [4.69, 9.17) is 10.2 Å². The lowest BCUT2D eigenvalue weighted by Gasteiger charge is -2.28. The van der Waals surface area contributed by atoms with E-state index in [1.807, 2.05) is 60.6 Å². The van der Waals surface area contributed by atoms with Crippen molar-refractivity contribution in [2.45, 2.75) is 13.0 Å². The summed E-state index contributed by atoms with van der Waals surface area (Å²) in [6, 6.07) is 11.2. The maximum Gasteiger partial charge on any atom is 0.268 e. The van der Waals surface area contributed by atoms with E-state index in [0.717, 1.165) is 10.4 Å². The van der Waals surface area contributed by atoms with Crippen molar-refractivity contribution in [3.05, 3.63) is 64.6 Å². The molecule has 0 fully saturated rings. The Hall–Kier alpha value is -3.46. The van der Waals surface area contributed by atoms with Crippen LogP contribution in [0, 0.1) is 0 Å². The van der Waals surface area contributed by atoms with Gasteiger partial charge >= 0.3 is 0 Å². The van der Waals surface area contributed by atoms with Crippen LogP contribution < -0.4 is 5.73 Å². The van der Waals surface area contributed by atoms with Gasteiger partial charge in [-0.3, -0.25) is 4.79 Å². The van der Waals surface area contributed by atoms with Crippen LogP contribution in [0.2, 0.25) is 0 Å². The van der Waals surface area contributed by atoms with E-state index < -0.39 is 0 Å². The third-order valence-electron chi connectivity index (χ3n) is 4.75. The number of nitrogens with two attached hydrogens (primary N) is 1. The maximum absolute atomic E-state index is 12.1. The highest BCUT2D eigenvalue weighted by Gasteiger charge is 2.24. The van der Waals surface area contributed by atoms with Crippen LogP contribution in [0.1, 0.15) is 34.8 Å². The lowest BCUT2D eigenvalue weighted by molar-refractivity contribution is 0.0827. The monoisotopic (exact) mass is 424 g/mol. The molecule has 1 amide bonds. The number of thiophene rings is 1. The Balaban J connectivity index is 1.90. The number of benzene rings is 1. The van der Waals surface area contributed by atoms with Gasteiger partial charge in [-0.25, -0.2) is 4.99 Å². The first-order chi connectivity index (χ1) is 14.3. The third-order valence-corrected chi connectivity index (χ3v) is 5.61. The highest BCUT2D eigenvalue weighted by atomic mass is 32.1. The minimum absolute atomic E-state index is 0.0461. The molecule has 8 nitrogen and oxygen atoms in total. The zero-order chi connectivity index (χ0) is 21.8. The molecular weight excluding hydrogens is 400 g/mol. The fourth-order valence-electron chi connectivity index (χ4n) is 2.91. The molecule has 0 aliphatic heterocycles. The molecule has 0 saturated heterocycles. The van der Waals surface area contributed by atoms with Crippen LogP contribution >= 0.6 is 11.3 Å². The summed E-state index contributed by atoms with van der Waals surface area (Å²) in [7, 11) is 5.32. The second-order valence-corrected chi connectivity index (χ2v) is 7.84. The fraction of sp³-hybridized carbons (Fsp3) is 0.238. The molecule has 156 valence electrons. The molecule has 3 rings (SSSR count). The molecule has 0 aliphatic carbocycles. The minimum atomic E-state index is -0.110. The summed E-state index contributed by atoms with van der Waals surface area (Å²) in [6.07, 6.45) is 0. The molecule has 1 aromatic carbocycles. The van der Waals surface area contributed by atoms with Crippen molar-refractivity contribution in [3.63, 3.8) is 0 Å². The van der Waals surface area contributed by atoms with Gasteiger partial charge in [0.15, 0.2) is 5.82 Å². The number of aromatic nitrogens is 2. The van der Waals surface area contributed by atoms with Gasteiger partial charge in [0.25, 0.3) is 17.7 Å². The highest BCUT2D eigenvalue weighted by molar-refractivity contribution is 7.13. The molecule has 0 aliphatic rings. The summed E-state index contributed by atoms with van der Waals surface area (Å²) in [5.41, 5.74) is 8.22. The average Bonchev–Trinajstić information content (AvgIpc) is 3.44. The van der Waals surface area contributed by atoms with Crippen LogP contribution in [-0.2, 0) is 0 Å². The predicted molar refractivity (Wildman–Crippen MR) is 119 cm³/mol. The predicted octanol–water partition coefficient (Wildman–Crippen LogP) is 3.48. The number of carbonyl (C=O) groups excluding carboxylic acids is 1. The Bertz CT molecular complexity index is 1050. The summed E-state index contributed by atoms with van der Waals surface area (Å²) < 4.78 is 5.87. The van der Waals surface area contributed by atoms with E-state index in [-0.39, 0.29) is 23.7 Å². The molecule has 0 radical (unpaired) electrons. The first-order valence-electron chi connectivity index (χ1n) is 9.22. The molecule has 9 heteroatoms. The van der Waals surface area contributed by atoms with Crippen LogP contribution in [0.5, 0.6) is 0 Å². The standard InChI is InChI=1S/C21H24N6O2S/c1-13(14-8-10-15(11-9-14)21(28)26(3)4)27(5)17(18(22)23-2)20-25-24-19(29-20)16-7-6-12-30-16/h6-13H,2,22H2,1,3-5H3/b18-17-. The van der Waals surface area contributed by atoms with E-state index in [9.17, 15) is 4.79 Å². The van der Waals surface area contributed by atoms with Gasteiger partial charge in [-0.05, 0) is 42.8 Å². The van der Waals surface area contributed by atoms with Crippen molar-refractivity contribution >= 4 is 29.7 Å². The summed E-state index contributed by atoms with van der Waals surface area (Å²) in [6.45, 7) is 5.55. The number of aliphatic imine (C=N–C) groups is 1. The topological polar surface area (TPSA) is 101 Å². The van der Waals surface area contributed by atoms with Gasteiger partial charge in [-0.2, -0.15) is 0 Å². The molecule has 30 heavy (non-hydrogen) atoms. The summed E-state index contributed by atoms with van der Waals surface area (Å²) >= 11 is 1.51. The van der Waals surface area contributed by atoms with E-state index in [2.05, 4.69) is 21.9 Å². The number of amides is 1. The van der Waals surface area contributed by atoms with Gasteiger partial charge in [-0.15, -0.1) is 21.5 Å². The Morgan fingerprint density at radius 2 is 1.90 bits per heavy atom. The normalized spacial score (nSPS) is 12.8. The molecule has 2 aromatic heterocycles. The molecule has 0 bridgehead atoms. The number of hydrogen-bond donors (Lipinski definition) is 1. The molecule has 0 spiro atoms. The Kier molecular flexibility index (Phi) is 6.31. The van der Waals surface area contributed by atoms with Gasteiger partial charge in [0, 0.05) is 26.7 Å². The molecule has 2 N–H and O–H groups in total. The lowest BCUT2D eigenvalue weighted by Crippen LogP contribution is -2.24. The average molecular weight is 425 g/mol. The number of hydrogen-bond acceptors (Lipinski definition) is 8. The molecule has 0 saturated carbocycles. The summed E-state index contributed by atoms with van der Waals surface area (Å²) in [4.78, 5) is 20.3. The summed E-state index contributed by atoms with van der Waals surface area (Å²) in [5.74, 6) is 0.819. The van der Waals surface area contributed by atoms with Crippen LogP contribution in [0.15, 0.2) is 57.0 Å². The van der Waals surface area contributed by atoms with Crippen molar-refractivity contribution in [3.8, 4) is 10.8 Å². The molecule has 1 unspecified atom stereocenters. The first kappa shape index (κ1) is 21.3. The van der Waals surface area contributed by atoms with Crippen molar-refractivity contribution in [2.24, 2.45) is 10.7 Å². The Labute approximate surface area is 179 Å². The van der Waals surface area contributed by atoms with Crippen LogP contribution in [-0.4, -0.2) is 53.8 Å². The maximum atomic E-state index is 12.1. The smallest absolute Gasteiger partial charge is 0.268 e. The van der Waals surface area contributed by atoms with E-state index in [1.54, 1.807) is 19.0 Å². The van der Waals surface area contributed by atoms with Crippen molar-refractivity contribution in [2.75, 3.05) is 21.1 Å². The lowest BCUT2D eigenvalue weighted by atomic mass is 10.0. The highest BCUT2D eigenvalue weighted by Crippen LogP contribution is 2.31. The summed E-state index contributed by atoms with van der Waals surface area (Å²) in [5, 5.41) is 10.2. The van der Waals surface area contributed by atoms with Crippen LogP contribution in [0.4, 0.5) is 0 Å². The van der Waals surface area contributed by atoms with Crippen molar-refractivity contribution in [1.29, 1.82) is 0 Å². The SMILES string of the molecule is C=N/C(N)=C(/c1nnc(-c2cccs2)o1)N(C)C(C)c1ccc(C(=O)N(C)C)cc1. The number of carbonyl (C=O) groups is 1. The first-order valence-corrected chi connectivity index (χ1v) is 10.1. The van der Waals surface area contributed by atoms with Crippen molar-refractivity contribution in [1.82, 2.24) is 20.0 Å². The number of rotatable bonds is 7. The molecular formula is C21H24N6O2S. The molecule has 1 atom stereocenters. The van der Waals surface area contributed by atoms with E-state index in [1.165, 1.54) is 11.3 Å².